The van der Waals surface area contributed by atoms with Crippen LogP contribution in [0.1, 0.15) is 47.8 Å². The van der Waals surface area contributed by atoms with Gasteiger partial charge in [0, 0.05) is 11.1 Å². The molecule has 0 radical (unpaired) electrons. The van der Waals surface area contributed by atoms with E-state index in [1.54, 1.807) is 13.0 Å². The van der Waals surface area contributed by atoms with Crippen molar-refractivity contribution in [2.24, 2.45) is 10.9 Å². The maximum absolute atomic E-state index is 12.2. The third-order valence-electron chi connectivity index (χ3n) is 5.50. The minimum absolute atomic E-state index is 0. The Hall–Kier alpha value is -2.70. The third kappa shape index (κ3) is 7.41. The lowest BCUT2D eigenvalue weighted by Gasteiger charge is -2.23. The van der Waals surface area contributed by atoms with E-state index in [9.17, 15) is 9.59 Å². The number of amides is 1. The van der Waals surface area contributed by atoms with Crippen LogP contribution in [0.5, 0.6) is 0 Å². The van der Waals surface area contributed by atoms with Crippen molar-refractivity contribution in [3.63, 3.8) is 0 Å². The molecule has 1 unspecified atom stereocenters. The van der Waals surface area contributed by atoms with Crippen molar-refractivity contribution in [2.45, 2.75) is 39.8 Å². The summed E-state index contributed by atoms with van der Waals surface area (Å²) in [6, 6.07) is 15.9. The zero-order valence-electron chi connectivity index (χ0n) is 20.9. The Labute approximate surface area is 204 Å². The first-order valence-corrected chi connectivity index (χ1v) is 10.8. The summed E-state index contributed by atoms with van der Waals surface area (Å²) in [6.45, 7) is 8.71. The van der Waals surface area contributed by atoms with Gasteiger partial charge in [-0.2, -0.15) is 0 Å². The standard InChI is InChI=1S/C16H20N2O3.C10H16N.ClH/c1-9(2)16(4)15(20)17-13(18-16)12-8-10(3)6-7-11(12)14(19)21-5;1-11(2,3)9-10-7-5-4-6-8-10;/h6-9H,1-5H3,(H,17,18,20);4-8H,9H2,1-3H3;1H/q;+1;/p-1. The topological polar surface area (TPSA) is 67.8 Å². The van der Waals surface area contributed by atoms with Gasteiger partial charge in [0.1, 0.15) is 17.9 Å². The lowest BCUT2D eigenvalue weighted by molar-refractivity contribution is -0.884. The largest absolute Gasteiger partial charge is 1.00 e. The van der Waals surface area contributed by atoms with E-state index in [0.29, 0.717) is 17.0 Å². The molecule has 0 aliphatic carbocycles. The lowest BCUT2D eigenvalue weighted by atomic mass is 9.89. The lowest BCUT2D eigenvalue weighted by Crippen LogP contribution is -3.00. The maximum atomic E-state index is 12.2. The van der Waals surface area contributed by atoms with Gasteiger partial charge in [0.05, 0.1) is 33.8 Å². The average Bonchev–Trinajstić information content (AvgIpc) is 3.03. The summed E-state index contributed by atoms with van der Waals surface area (Å²) < 4.78 is 5.79. The molecule has 6 nitrogen and oxygen atoms in total. The van der Waals surface area contributed by atoms with Crippen molar-refractivity contribution >= 4 is 17.7 Å². The molecule has 0 saturated carbocycles. The predicted molar refractivity (Wildman–Crippen MR) is 129 cm³/mol. The number of amidine groups is 1. The number of aliphatic imine (C=N–C) groups is 1. The highest BCUT2D eigenvalue weighted by molar-refractivity contribution is 6.18. The molecule has 33 heavy (non-hydrogen) atoms. The van der Waals surface area contributed by atoms with Crippen molar-refractivity contribution < 1.29 is 31.2 Å². The van der Waals surface area contributed by atoms with Crippen LogP contribution in [0.15, 0.2) is 53.5 Å². The van der Waals surface area contributed by atoms with Crippen LogP contribution in [0, 0.1) is 12.8 Å². The number of ether oxygens (including phenoxy) is 1. The summed E-state index contributed by atoms with van der Waals surface area (Å²) in [7, 11) is 7.94. The number of nitrogens with zero attached hydrogens (tertiary/aromatic N) is 2. The Morgan fingerprint density at radius 3 is 2.21 bits per heavy atom. The molecule has 1 aliphatic rings. The first-order chi connectivity index (χ1) is 14.9. The van der Waals surface area contributed by atoms with Gasteiger partial charge in [-0.15, -0.1) is 0 Å². The van der Waals surface area contributed by atoms with E-state index in [0.717, 1.165) is 16.6 Å². The molecule has 1 amide bonds. The summed E-state index contributed by atoms with van der Waals surface area (Å²) in [5, 5.41) is 2.79. The molecule has 1 atom stereocenters. The van der Waals surface area contributed by atoms with Crippen LogP contribution in [-0.4, -0.2) is 56.0 Å². The molecular weight excluding hydrogens is 438 g/mol. The van der Waals surface area contributed by atoms with E-state index in [-0.39, 0.29) is 24.2 Å². The van der Waals surface area contributed by atoms with E-state index in [2.05, 4.69) is 61.8 Å². The molecule has 0 saturated heterocycles. The third-order valence-corrected chi connectivity index (χ3v) is 5.50. The minimum Gasteiger partial charge on any atom is -1.00 e. The molecular formula is C26H36ClN3O3. The quantitative estimate of drug-likeness (QED) is 0.519. The summed E-state index contributed by atoms with van der Waals surface area (Å²) in [6.07, 6.45) is 0. The van der Waals surface area contributed by atoms with E-state index in [4.69, 9.17) is 4.74 Å². The van der Waals surface area contributed by atoms with Gasteiger partial charge in [-0.05, 0) is 31.9 Å². The number of hydrogen-bond donors (Lipinski definition) is 1. The monoisotopic (exact) mass is 473 g/mol. The molecule has 0 spiro atoms. The first kappa shape index (κ1) is 28.3. The van der Waals surface area contributed by atoms with E-state index in [1.165, 1.54) is 12.7 Å². The normalized spacial score (nSPS) is 17.4. The van der Waals surface area contributed by atoms with Crippen molar-refractivity contribution in [1.29, 1.82) is 0 Å². The second kappa shape index (κ2) is 11.4. The molecule has 2 aromatic rings. The Morgan fingerprint density at radius 1 is 1.12 bits per heavy atom. The first-order valence-electron chi connectivity index (χ1n) is 10.8. The van der Waals surface area contributed by atoms with E-state index < -0.39 is 11.5 Å². The zero-order valence-corrected chi connectivity index (χ0v) is 21.7. The number of carbonyl (C=O) groups excluding carboxylic acids is 2. The molecule has 3 rings (SSSR count). The van der Waals surface area contributed by atoms with Gasteiger partial charge in [-0.3, -0.25) is 9.79 Å². The number of rotatable bonds is 5. The molecule has 1 N–H and O–H groups in total. The van der Waals surface area contributed by atoms with Gasteiger partial charge < -0.3 is 26.9 Å². The fourth-order valence-electron chi connectivity index (χ4n) is 3.34. The van der Waals surface area contributed by atoms with Gasteiger partial charge >= 0.3 is 5.97 Å². The van der Waals surface area contributed by atoms with Crippen LogP contribution in [0.2, 0.25) is 0 Å². The Morgan fingerprint density at radius 2 is 1.73 bits per heavy atom. The van der Waals surface area contributed by atoms with E-state index >= 15 is 0 Å². The predicted octanol–water partition coefficient (Wildman–Crippen LogP) is 0.970. The number of aryl methyl sites for hydroxylation is 1. The number of methoxy groups -OCH3 is 1. The number of hydrogen-bond acceptors (Lipinski definition) is 4. The average molecular weight is 474 g/mol. The van der Waals surface area contributed by atoms with Crippen molar-refractivity contribution in [2.75, 3.05) is 28.3 Å². The molecule has 0 aromatic heterocycles. The van der Waals surface area contributed by atoms with Crippen LogP contribution in [0.25, 0.3) is 0 Å². The van der Waals surface area contributed by atoms with Crippen molar-refractivity contribution in [3.8, 4) is 0 Å². The SMILES string of the molecule is COC(=O)c1ccc(C)cc1C1=NC(C)(C(C)C)C(=O)N1.C[N+](C)(C)Cc1ccccc1.[Cl-]. The van der Waals surface area contributed by atoms with Crippen LogP contribution >= 0.6 is 0 Å². The molecule has 7 heteroatoms. The second-order valence-corrected chi connectivity index (χ2v) is 9.69. The molecule has 1 heterocycles. The van der Waals surface area contributed by atoms with Gasteiger partial charge in [0.25, 0.3) is 5.91 Å². The van der Waals surface area contributed by atoms with E-state index in [1.807, 2.05) is 32.9 Å². The molecule has 0 bridgehead atoms. The molecule has 2 aromatic carbocycles. The summed E-state index contributed by atoms with van der Waals surface area (Å²) >= 11 is 0. The summed E-state index contributed by atoms with van der Waals surface area (Å²) in [5.41, 5.74) is 2.56. The second-order valence-electron chi connectivity index (χ2n) is 9.69. The minimum atomic E-state index is -0.813. The van der Waals surface area contributed by atoms with Gasteiger partial charge in [0.15, 0.2) is 0 Å². The van der Waals surface area contributed by atoms with Crippen LogP contribution in [-0.2, 0) is 16.1 Å². The zero-order chi connectivity index (χ0) is 24.1. The van der Waals surface area contributed by atoms with Crippen LogP contribution < -0.4 is 17.7 Å². The fourth-order valence-corrected chi connectivity index (χ4v) is 3.34. The molecule has 180 valence electrons. The van der Waals surface area contributed by atoms with Gasteiger partial charge in [-0.1, -0.05) is 55.8 Å². The number of esters is 1. The maximum Gasteiger partial charge on any atom is 0.338 e. The van der Waals surface area contributed by atoms with Gasteiger partial charge in [0.2, 0.25) is 0 Å². The number of halogens is 1. The summed E-state index contributed by atoms with van der Waals surface area (Å²) in [4.78, 5) is 28.6. The Bertz CT molecular complexity index is 998. The molecule has 1 aliphatic heterocycles. The number of quaternary nitrogens is 1. The highest BCUT2D eigenvalue weighted by Gasteiger charge is 2.42. The number of carbonyl (C=O) groups is 2. The molecule has 0 fully saturated rings. The van der Waals surface area contributed by atoms with Crippen LogP contribution in [0.4, 0.5) is 0 Å². The smallest absolute Gasteiger partial charge is 0.338 e. The highest BCUT2D eigenvalue weighted by Crippen LogP contribution is 2.28. The highest BCUT2D eigenvalue weighted by atomic mass is 35.5. The van der Waals surface area contributed by atoms with Crippen LogP contribution in [0.3, 0.4) is 0 Å². The number of nitrogens with one attached hydrogen (secondary N) is 1. The fraction of sp³-hybridized carbons (Fsp3) is 0.423. The number of benzene rings is 2. The Balaban J connectivity index is 0.000000385. The summed E-state index contributed by atoms with van der Waals surface area (Å²) in [5.74, 6) is -0.105. The van der Waals surface area contributed by atoms with Crippen molar-refractivity contribution in [3.05, 3.63) is 70.8 Å². The Kier molecular flexibility index (Phi) is 9.82. The van der Waals surface area contributed by atoms with Gasteiger partial charge in [-0.25, -0.2) is 4.79 Å². The van der Waals surface area contributed by atoms with Crippen molar-refractivity contribution in [1.82, 2.24) is 5.32 Å².